The van der Waals surface area contributed by atoms with Crippen LogP contribution in [0.2, 0.25) is 0 Å². The second-order valence-corrected chi connectivity index (χ2v) is 4.45. The van der Waals surface area contributed by atoms with Crippen LogP contribution < -0.4 is 5.32 Å². The highest BCUT2D eigenvalue weighted by Gasteiger charge is 1.99. The molecule has 0 rings (SSSR count). The molecule has 0 fully saturated rings. The maximum absolute atomic E-state index is 11.4. The van der Waals surface area contributed by atoms with Gasteiger partial charge in [0.05, 0.1) is 0 Å². The first kappa shape index (κ1) is 16.0. The van der Waals surface area contributed by atoms with E-state index in [2.05, 4.69) is 25.2 Å². The van der Waals surface area contributed by atoms with Crippen LogP contribution in [-0.2, 0) is 4.79 Å². The van der Waals surface area contributed by atoms with Crippen LogP contribution in [0.5, 0.6) is 0 Å². The molecule has 0 aliphatic carbocycles. The van der Waals surface area contributed by atoms with Crippen molar-refractivity contribution in [2.24, 2.45) is 0 Å². The van der Waals surface area contributed by atoms with Gasteiger partial charge in [-0.25, -0.2) is 0 Å². The van der Waals surface area contributed by atoms with E-state index in [4.69, 9.17) is 0 Å². The Morgan fingerprint density at radius 3 is 2.59 bits per heavy atom. The lowest BCUT2D eigenvalue weighted by Crippen LogP contribution is -2.30. The van der Waals surface area contributed by atoms with Crippen LogP contribution in [0.25, 0.3) is 0 Å². The molecule has 1 amide bonds. The molecule has 0 aliphatic rings. The highest BCUT2D eigenvalue weighted by molar-refractivity contribution is 5.87. The molecule has 1 unspecified atom stereocenters. The van der Waals surface area contributed by atoms with E-state index in [1.807, 2.05) is 19.1 Å². The second-order valence-electron chi connectivity index (χ2n) is 4.45. The second kappa shape index (κ2) is 11.4. The SMILES string of the molecule is CCCCCC/C=C/C=C/C(=O)NC(C)CC. The maximum atomic E-state index is 11.4. The zero-order valence-electron chi connectivity index (χ0n) is 11.5. The third-order valence-electron chi connectivity index (χ3n) is 2.72. The molecule has 1 atom stereocenters. The molecule has 0 aromatic rings. The fourth-order valence-corrected chi connectivity index (χ4v) is 1.40. The molecule has 0 radical (unpaired) electrons. The van der Waals surface area contributed by atoms with Crippen molar-refractivity contribution in [1.82, 2.24) is 5.32 Å². The minimum atomic E-state index is -0.00465. The number of nitrogens with one attached hydrogen (secondary N) is 1. The quantitative estimate of drug-likeness (QED) is 0.367. The van der Waals surface area contributed by atoms with Gasteiger partial charge in [-0.05, 0) is 26.2 Å². The zero-order chi connectivity index (χ0) is 12.9. The van der Waals surface area contributed by atoms with Crippen LogP contribution in [-0.4, -0.2) is 11.9 Å². The number of allylic oxidation sites excluding steroid dienone is 3. The van der Waals surface area contributed by atoms with Crippen molar-refractivity contribution in [2.45, 2.75) is 65.3 Å². The predicted molar refractivity (Wildman–Crippen MR) is 74.9 cm³/mol. The van der Waals surface area contributed by atoms with Crippen LogP contribution in [0, 0.1) is 0 Å². The molecule has 2 nitrogen and oxygen atoms in total. The van der Waals surface area contributed by atoms with E-state index >= 15 is 0 Å². The number of carbonyl (C=O) groups excluding carboxylic acids is 1. The topological polar surface area (TPSA) is 29.1 Å². The number of rotatable bonds is 9. The summed E-state index contributed by atoms with van der Waals surface area (Å²) in [7, 11) is 0. The number of hydrogen-bond acceptors (Lipinski definition) is 1. The predicted octanol–water partition coefficient (Wildman–Crippen LogP) is 3.98. The van der Waals surface area contributed by atoms with Crippen molar-refractivity contribution >= 4 is 5.91 Å². The fourth-order valence-electron chi connectivity index (χ4n) is 1.40. The Morgan fingerprint density at radius 1 is 1.18 bits per heavy atom. The summed E-state index contributed by atoms with van der Waals surface area (Å²) >= 11 is 0. The van der Waals surface area contributed by atoms with Gasteiger partial charge in [-0.15, -0.1) is 0 Å². The average Bonchev–Trinajstić information content (AvgIpc) is 2.32. The van der Waals surface area contributed by atoms with Crippen LogP contribution in [0.1, 0.15) is 59.3 Å². The molecule has 1 N–H and O–H groups in total. The van der Waals surface area contributed by atoms with E-state index in [0.717, 1.165) is 12.8 Å². The molecular weight excluding hydrogens is 210 g/mol. The largest absolute Gasteiger partial charge is 0.350 e. The molecule has 0 aromatic carbocycles. The first-order valence-electron chi connectivity index (χ1n) is 6.84. The average molecular weight is 237 g/mol. The minimum Gasteiger partial charge on any atom is -0.350 e. The van der Waals surface area contributed by atoms with Crippen molar-refractivity contribution in [3.63, 3.8) is 0 Å². The van der Waals surface area contributed by atoms with Crippen molar-refractivity contribution in [1.29, 1.82) is 0 Å². The Morgan fingerprint density at radius 2 is 1.94 bits per heavy atom. The Balaban J connectivity index is 3.57. The van der Waals surface area contributed by atoms with Gasteiger partial charge in [-0.3, -0.25) is 4.79 Å². The lowest BCUT2D eigenvalue weighted by Gasteiger charge is -2.07. The van der Waals surface area contributed by atoms with E-state index in [9.17, 15) is 4.79 Å². The Labute approximate surface area is 106 Å². The molecule has 0 aromatic heterocycles. The van der Waals surface area contributed by atoms with Gasteiger partial charge in [0.2, 0.25) is 5.91 Å². The van der Waals surface area contributed by atoms with Gasteiger partial charge in [0.15, 0.2) is 0 Å². The zero-order valence-corrected chi connectivity index (χ0v) is 11.5. The van der Waals surface area contributed by atoms with Crippen molar-refractivity contribution in [3.8, 4) is 0 Å². The standard InChI is InChI=1S/C15H27NO/c1-4-6-7-8-9-10-11-12-13-15(17)16-14(3)5-2/h10-14H,4-9H2,1-3H3,(H,16,17)/b11-10+,13-12+. The summed E-state index contributed by atoms with van der Waals surface area (Å²) in [5, 5.41) is 2.89. The summed E-state index contributed by atoms with van der Waals surface area (Å²) in [5.74, 6) is -0.00465. The molecule has 0 bridgehead atoms. The molecule has 2 heteroatoms. The minimum absolute atomic E-state index is 0.00465. The molecule has 0 heterocycles. The molecule has 17 heavy (non-hydrogen) atoms. The van der Waals surface area contributed by atoms with Crippen molar-refractivity contribution < 1.29 is 4.79 Å². The van der Waals surface area contributed by atoms with E-state index in [1.54, 1.807) is 6.08 Å². The highest BCUT2D eigenvalue weighted by Crippen LogP contribution is 2.02. The first-order chi connectivity index (χ1) is 8.20. The fraction of sp³-hybridized carbons (Fsp3) is 0.667. The summed E-state index contributed by atoms with van der Waals surface area (Å²) in [4.78, 5) is 11.4. The Bertz CT molecular complexity index is 243. The summed E-state index contributed by atoms with van der Waals surface area (Å²) in [5.41, 5.74) is 0. The van der Waals surface area contributed by atoms with Crippen LogP contribution >= 0.6 is 0 Å². The Hall–Kier alpha value is -1.05. The monoisotopic (exact) mass is 237 g/mol. The lowest BCUT2D eigenvalue weighted by molar-refractivity contribution is -0.117. The van der Waals surface area contributed by atoms with E-state index in [0.29, 0.717) is 0 Å². The van der Waals surface area contributed by atoms with Gasteiger partial charge in [0.25, 0.3) is 0 Å². The molecule has 0 saturated carbocycles. The smallest absolute Gasteiger partial charge is 0.244 e. The third-order valence-corrected chi connectivity index (χ3v) is 2.72. The molecule has 98 valence electrons. The van der Waals surface area contributed by atoms with Gasteiger partial charge in [-0.2, -0.15) is 0 Å². The molecule has 0 spiro atoms. The van der Waals surface area contributed by atoms with Crippen molar-refractivity contribution in [3.05, 3.63) is 24.3 Å². The van der Waals surface area contributed by atoms with E-state index in [-0.39, 0.29) is 11.9 Å². The van der Waals surface area contributed by atoms with Gasteiger partial charge >= 0.3 is 0 Å². The van der Waals surface area contributed by atoms with Crippen molar-refractivity contribution in [2.75, 3.05) is 0 Å². The van der Waals surface area contributed by atoms with E-state index in [1.165, 1.54) is 25.7 Å². The molecule has 0 saturated heterocycles. The number of hydrogen-bond donors (Lipinski definition) is 1. The van der Waals surface area contributed by atoms with Gasteiger partial charge in [0, 0.05) is 12.1 Å². The van der Waals surface area contributed by atoms with Crippen LogP contribution in [0.4, 0.5) is 0 Å². The first-order valence-corrected chi connectivity index (χ1v) is 6.84. The summed E-state index contributed by atoms with van der Waals surface area (Å²) in [6, 6.07) is 0.255. The van der Waals surface area contributed by atoms with Gasteiger partial charge in [0.1, 0.15) is 0 Å². The molecular formula is C15H27NO. The normalized spacial score (nSPS) is 13.4. The summed E-state index contributed by atoms with van der Waals surface area (Å²) < 4.78 is 0. The number of unbranched alkanes of at least 4 members (excludes halogenated alkanes) is 4. The molecule has 0 aliphatic heterocycles. The lowest BCUT2D eigenvalue weighted by atomic mass is 10.1. The van der Waals surface area contributed by atoms with Crippen LogP contribution in [0.15, 0.2) is 24.3 Å². The number of amides is 1. The summed E-state index contributed by atoms with van der Waals surface area (Å²) in [6.07, 6.45) is 14.7. The number of carbonyl (C=O) groups is 1. The van der Waals surface area contributed by atoms with Crippen LogP contribution in [0.3, 0.4) is 0 Å². The third kappa shape index (κ3) is 11.2. The van der Waals surface area contributed by atoms with Gasteiger partial charge < -0.3 is 5.32 Å². The highest BCUT2D eigenvalue weighted by atomic mass is 16.1. The van der Waals surface area contributed by atoms with E-state index < -0.39 is 0 Å². The maximum Gasteiger partial charge on any atom is 0.244 e. The Kier molecular flexibility index (Phi) is 10.7. The van der Waals surface area contributed by atoms with Gasteiger partial charge in [-0.1, -0.05) is 51.3 Å². The summed E-state index contributed by atoms with van der Waals surface area (Å²) in [6.45, 7) is 6.29.